The Kier molecular flexibility index (Phi) is 5.62. The molecule has 0 radical (unpaired) electrons. The molecule has 0 saturated carbocycles. The first-order chi connectivity index (χ1) is 13.8. The summed E-state index contributed by atoms with van der Waals surface area (Å²) in [5.41, 5.74) is 4.10. The van der Waals surface area contributed by atoms with Crippen LogP contribution < -0.4 is 0 Å². The lowest BCUT2D eigenvalue weighted by molar-refractivity contribution is -0.148. The third-order valence-electron chi connectivity index (χ3n) is 4.76. The van der Waals surface area contributed by atoms with Crippen molar-refractivity contribution in [3.63, 3.8) is 0 Å². The number of hydrogen-bond acceptors (Lipinski definition) is 6. The van der Waals surface area contributed by atoms with Crippen LogP contribution in [0.1, 0.15) is 29.4 Å². The fourth-order valence-electron chi connectivity index (χ4n) is 3.25. The molecule has 1 aliphatic rings. The molecule has 1 aromatic carbocycles. The van der Waals surface area contributed by atoms with Crippen molar-refractivity contribution in [2.75, 3.05) is 7.11 Å². The van der Waals surface area contributed by atoms with Crippen molar-refractivity contribution < 1.29 is 19.1 Å². The van der Waals surface area contributed by atoms with Gasteiger partial charge in [0, 0.05) is 17.1 Å². The number of hydrogen-bond donors (Lipinski definition) is 0. The lowest BCUT2D eigenvalue weighted by Crippen LogP contribution is -2.42. The smallest absolute Gasteiger partial charge is 0.328 e. The first-order valence-corrected chi connectivity index (χ1v) is 9.64. The van der Waals surface area contributed by atoms with Crippen LogP contribution in [0.2, 0.25) is 0 Å². The fraction of sp³-hybridized carbons (Fsp3) is 0.238. The second kappa shape index (κ2) is 7.97. The number of aromatic nitrogens is 1. The number of aryl methyl sites for hydroxylation is 1. The van der Waals surface area contributed by atoms with Crippen LogP contribution in [0.3, 0.4) is 0 Å². The number of methoxy groups -OCH3 is 1. The maximum atomic E-state index is 12.7. The zero-order chi connectivity index (χ0) is 21.3. The van der Waals surface area contributed by atoms with Gasteiger partial charge >= 0.3 is 5.97 Å². The van der Waals surface area contributed by atoms with E-state index in [1.807, 2.05) is 36.6 Å². The van der Waals surface area contributed by atoms with E-state index in [1.165, 1.54) is 14.0 Å². The van der Waals surface area contributed by atoms with Crippen LogP contribution >= 0.6 is 11.8 Å². The minimum absolute atomic E-state index is 0.255. The van der Waals surface area contributed by atoms with E-state index in [0.29, 0.717) is 5.56 Å². The van der Waals surface area contributed by atoms with E-state index in [2.05, 4.69) is 10.8 Å². The Morgan fingerprint density at radius 3 is 2.48 bits per heavy atom. The Morgan fingerprint density at radius 2 is 1.90 bits per heavy atom. The molecule has 0 spiro atoms. The molecule has 2 aromatic rings. The third kappa shape index (κ3) is 3.69. The Hall–Kier alpha value is -3.31. The van der Waals surface area contributed by atoms with E-state index in [4.69, 9.17) is 5.26 Å². The van der Waals surface area contributed by atoms with Gasteiger partial charge in [-0.2, -0.15) is 5.26 Å². The van der Waals surface area contributed by atoms with Crippen molar-refractivity contribution in [1.82, 2.24) is 9.47 Å². The highest BCUT2D eigenvalue weighted by Gasteiger charge is 2.41. The Labute approximate surface area is 172 Å². The second-order valence-electron chi connectivity index (χ2n) is 6.57. The highest BCUT2D eigenvalue weighted by molar-refractivity contribution is 8.18. The number of rotatable bonds is 4. The summed E-state index contributed by atoms with van der Waals surface area (Å²) in [7, 11) is 1.21. The van der Waals surface area contributed by atoms with Gasteiger partial charge < -0.3 is 9.30 Å². The molecule has 148 valence electrons. The van der Waals surface area contributed by atoms with Crippen LogP contribution in [0.15, 0.2) is 35.2 Å². The minimum atomic E-state index is -0.982. The van der Waals surface area contributed by atoms with Crippen LogP contribution in [0, 0.1) is 25.2 Å². The molecule has 0 N–H and O–H groups in total. The normalized spacial score (nSPS) is 16.2. The number of nitrogens with zero attached hydrogens (tertiary/aromatic N) is 3. The largest absolute Gasteiger partial charge is 0.467 e. The highest BCUT2D eigenvalue weighted by Crippen LogP contribution is 2.35. The number of carbonyl (C=O) groups excluding carboxylic acids is 3. The molecule has 1 aliphatic heterocycles. The van der Waals surface area contributed by atoms with Gasteiger partial charge in [-0.1, -0.05) is 0 Å². The summed E-state index contributed by atoms with van der Waals surface area (Å²) in [4.78, 5) is 37.9. The van der Waals surface area contributed by atoms with Crippen molar-refractivity contribution in [3.05, 3.63) is 57.8 Å². The summed E-state index contributed by atoms with van der Waals surface area (Å²) in [5.74, 6) is -1.16. The maximum Gasteiger partial charge on any atom is 0.328 e. The zero-order valence-corrected chi connectivity index (χ0v) is 17.2. The predicted octanol–water partition coefficient (Wildman–Crippen LogP) is 3.56. The third-order valence-corrected chi connectivity index (χ3v) is 5.65. The average molecular weight is 409 g/mol. The standard InChI is InChI=1S/C21H19N3O4S/c1-12-9-16(13(2)23(12)17-7-5-15(11-22)6-8-17)10-18-19(25)24(21(27)29-18)14(3)20(26)28-4/h5-10,14H,1-4H3/b18-10+/t14-/m0/s1. The molecule has 3 rings (SSSR count). The van der Waals surface area contributed by atoms with Crippen molar-refractivity contribution >= 4 is 35.0 Å². The molecule has 0 aliphatic carbocycles. The van der Waals surface area contributed by atoms with Crippen molar-refractivity contribution in [1.29, 1.82) is 5.26 Å². The highest BCUT2D eigenvalue weighted by atomic mass is 32.2. The van der Waals surface area contributed by atoms with Gasteiger partial charge in [0.15, 0.2) is 0 Å². The van der Waals surface area contributed by atoms with E-state index in [-0.39, 0.29) is 4.91 Å². The maximum absolute atomic E-state index is 12.7. The molecule has 1 aromatic heterocycles. The SMILES string of the molecule is COC(=O)[C@H](C)N1C(=O)S/C(=C/c2cc(C)n(-c3ccc(C#N)cc3)c2C)C1=O. The van der Waals surface area contributed by atoms with Gasteiger partial charge in [0.2, 0.25) is 0 Å². The number of benzene rings is 1. The van der Waals surface area contributed by atoms with Gasteiger partial charge in [-0.15, -0.1) is 0 Å². The molecule has 29 heavy (non-hydrogen) atoms. The number of carbonyl (C=O) groups is 3. The Balaban J connectivity index is 1.95. The van der Waals surface area contributed by atoms with Gasteiger partial charge in [0.1, 0.15) is 6.04 Å². The van der Waals surface area contributed by atoms with Crippen molar-refractivity contribution in [2.24, 2.45) is 0 Å². The van der Waals surface area contributed by atoms with E-state index in [1.54, 1.807) is 18.2 Å². The van der Waals surface area contributed by atoms with E-state index in [9.17, 15) is 14.4 Å². The summed E-state index contributed by atoms with van der Waals surface area (Å²) in [6.07, 6.45) is 1.66. The number of thioether (sulfide) groups is 1. The average Bonchev–Trinajstić information content (AvgIpc) is 3.15. The van der Waals surface area contributed by atoms with Crippen molar-refractivity contribution in [3.8, 4) is 11.8 Å². The first-order valence-electron chi connectivity index (χ1n) is 8.82. The van der Waals surface area contributed by atoms with E-state index < -0.39 is 23.2 Å². The number of esters is 1. The fourth-order valence-corrected chi connectivity index (χ4v) is 4.15. The van der Waals surface area contributed by atoms with Crippen LogP contribution in [0.4, 0.5) is 4.79 Å². The lowest BCUT2D eigenvalue weighted by atomic mass is 10.2. The molecule has 1 atom stereocenters. The molecule has 0 unspecified atom stereocenters. The molecule has 0 bridgehead atoms. The summed E-state index contributed by atoms with van der Waals surface area (Å²) in [5, 5.41) is 8.47. The lowest BCUT2D eigenvalue weighted by Gasteiger charge is -2.18. The number of imide groups is 1. The number of amides is 2. The predicted molar refractivity (Wildman–Crippen MR) is 109 cm³/mol. The second-order valence-corrected chi connectivity index (χ2v) is 7.56. The Morgan fingerprint density at radius 1 is 1.24 bits per heavy atom. The van der Waals surface area contributed by atoms with Gasteiger partial charge in [-0.05, 0) is 74.5 Å². The molecule has 2 amide bonds. The summed E-state index contributed by atoms with van der Waals surface area (Å²) >= 11 is 0.803. The topological polar surface area (TPSA) is 92.4 Å². The molecule has 1 fully saturated rings. The van der Waals surface area contributed by atoms with Gasteiger partial charge in [-0.3, -0.25) is 14.5 Å². The number of nitriles is 1. The first kappa shape index (κ1) is 20.4. The molecular formula is C21H19N3O4S. The molecular weight excluding hydrogens is 390 g/mol. The van der Waals surface area contributed by atoms with Gasteiger partial charge in [0.05, 0.1) is 23.6 Å². The molecule has 7 nitrogen and oxygen atoms in total. The number of ether oxygens (including phenoxy) is 1. The summed E-state index contributed by atoms with van der Waals surface area (Å²) < 4.78 is 6.65. The van der Waals surface area contributed by atoms with E-state index in [0.717, 1.165) is 39.3 Å². The summed E-state index contributed by atoms with van der Waals surface area (Å²) in [6, 6.07) is 10.2. The Bertz CT molecular complexity index is 1080. The zero-order valence-electron chi connectivity index (χ0n) is 16.4. The van der Waals surface area contributed by atoms with Crippen LogP contribution in [0.25, 0.3) is 11.8 Å². The quantitative estimate of drug-likeness (QED) is 0.566. The van der Waals surface area contributed by atoms with Crippen LogP contribution in [-0.2, 0) is 14.3 Å². The molecule has 8 heteroatoms. The van der Waals surface area contributed by atoms with Crippen LogP contribution in [0.5, 0.6) is 0 Å². The van der Waals surface area contributed by atoms with Gasteiger partial charge in [-0.25, -0.2) is 4.79 Å². The summed E-state index contributed by atoms with van der Waals surface area (Å²) in [6.45, 7) is 5.31. The molecule has 2 heterocycles. The molecule has 1 saturated heterocycles. The van der Waals surface area contributed by atoms with Crippen molar-refractivity contribution in [2.45, 2.75) is 26.8 Å². The van der Waals surface area contributed by atoms with Gasteiger partial charge in [0.25, 0.3) is 11.1 Å². The monoisotopic (exact) mass is 409 g/mol. The van der Waals surface area contributed by atoms with Crippen LogP contribution in [-0.4, -0.2) is 39.7 Å². The van der Waals surface area contributed by atoms with E-state index >= 15 is 0 Å². The minimum Gasteiger partial charge on any atom is -0.467 e.